The van der Waals surface area contributed by atoms with Crippen LogP contribution in [-0.2, 0) is 6.42 Å². The quantitative estimate of drug-likeness (QED) is 0.768. The second-order valence-corrected chi connectivity index (χ2v) is 5.43. The number of furan rings is 1. The van der Waals surface area contributed by atoms with Crippen LogP contribution in [0.2, 0.25) is 0 Å². The number of rotatable bonds is 4. The van der Waals surface area contributed by atoms with Gasteiger partial charge >= 0.3 is 0 Å². The van der Waals surface area contributed by atoms with Gasteiger partial charge in [-0.25, -0.2) is 0 Å². The van der Waals surface area contributed by atoms with Gasteiger partial charge in [0.15, 0.2) is 5.76 Å². The van der Waals surface area contributed by atoms with Crippen molar-refractivity contribution in [2.24, 2.45) is 0 Å². The highest BCUT2D eigenvalue weighted by atomic mass is 16.5. The summed E-state index contributed by atoms with van der Waals surface area (Å²) in [4.78, 5) is 12.5. The third-order valence-electron chi connectivity index (χ3n) is 3.94. The number of anilines is 1. The summed E-state index contributed by atoms with van der Waals surface area (Å²) in [7, 11) is 1.59. The smallest absolute Gasteiger partial charge is 0.291 e. The number of methoxy groups -OCH3 is 1. The molecule has 1 heterocycles. The van der Waals surface area contributed by atoms with Gasteiger partial charge in [0.05, 0.1) is 7.11 Å². The highest BCUT2D eigenvalue weighted by Crippen LogP contribution is 2.27. The van der Waals surface area contributed by atoms with E-state index in [1.165, 1.54) is 5.56 Å². The third kappa shape index (κ3) is 2.93. The second kappa shape index (κ2) is 6.16. The zero-order chi connectivity index (χ0) is 16.4. The van der Waals surface area contributed by atoms with Gasteiger partial charge in [0, 0.05) is 22.7 Å². The van der Waals surface area contributed by atoms with Crippen LogP contribution in [0, 0.1) is 6.92 Å². The number of nitrogens with one attached hydrogen (secondary N) is 1. The summed E-state index contributed by atoms with van der Waals surface area (Å²) in [5, 5.41) is 3.84. The molecule has 1 aromatic heterocycles. The number of hydrogen-bond donors (Lipinski definition) is 1. The lowest BCUT2D eigenvalue weighted by Gasteiger charge is -2.05. The molecule has 3 aromatic rings. The topological polar surface area (TPSA) is 51.5 Å². The summed E-state index contributed by atoms with van der Waals surface area (Å²) < 4.78 is 10.9. The van der Waals surface area contributed by atoms with Gasteiger partial charge < -0.3 is 14.5 Å². The Kier molecular flexibility index (Phi) is 4.06. The van der Waals surface area contributed by atoms with Gasteiger partial charge in [-0.2, -0.15) is 0 Å². The largest absolute Gasteiger partial charge is 0.497 e. The molecule has 0 saturated carbocycles. The minimum absolute atomic E-state index is 0.259. The number of benzene rings is 2. The Morgan fingerprint density at radius 1 is 1.22 bits per heavy atom. The Morgan fingerprint density at radius 2 is 2.04 bits per heavy atom. The molecule has 0 spiro atoms. The molecule has 4 nitrogen and oxygen atoms in total. The van der Waals surface area contributed by atoms with Gasteiger partial charge in [0.1, 0.15) is 11.3 Å². The molecule has 23 heavy (non-hydrogen) atoms. The van der Waals surface area contributed by atoms with E-state index in [-0.39, 0.29) is 5.91 Å². The van der Waals surface area contributed by atoms with Crippen molar-refractivity contribution in [2.45, 2.75) is 20.3 Å². The first-order valence-electron chi connectivity index (χ1n) is 7.59. The van der Waals surface area contributed by atoms with Crippen molar-refractivity contribution in [1.29, 1.82) is 0 Å². The molecule has 0 atom stereocenters. The third-order valence-corrected chi connectivity index (χ3v) is 3.94. The number of carbonyl (C=O) groups excluding carboxylic acids is 1. The van der Waals surface area contributed by atoms with E-state index in [1.54, 1.807) is 13.2 Å². The van der Waals surface area contributed by atoms with Crippen LogP contribution in [-0.4, -0.2) is 13.0 Å². The van der Waals surface area contributed by atoms with Crippen LogP contribution in [0.25, 0.3) is 11.0 Å². The van der Waals surface area contributed by atoms with Crippen LogP contribution in [0.3, 0.4) is 0 Å². The molecule has 0 radical (unpaired) electrons. The van der Waals surface area contributed by atoms with E-state index in [9.17, 15) is 4.79 Å². The Balaban J connectivity index is 1.92. The van der Waals surface area contributed by atoms with Crippen LogP contribution in [0.5, 0.6) is 5.75 Å². The van der Waals surface area contributed by atoms with E-state index < -0.39 is 0 Å². The molecule has 1 amide bonds. The van der Waals surface area contributed by atoms with Crippen LogP contribution in [0.4, 0.5) is 5.69 Å². The average Bonchev–Trinajstić information content (AvgIpc) is 2.91. The fourth-order valence-corrected chi connectivity index (χ4v) is 2.59. The maximum Gasteiger partial charge on any atom is 0.291 e. The molecule has 2 aromatic carbocycles. The molecule has 1 N–H and O–H groups in total. The molecule has 0 unspecified atom stereocenters. The number of fused-ring (bicyclic) bond motifs is 1. The summed E-state index contributed by atoms with van der Waals surface area (Å²) in [6.45, 7) is 4.01. The number of ether oxygens (including phenoxy) is 1. The van der Waals surface area contributed by atoms with Crippen molar-refractivity contribution < 1.29 is 13.9 Å². The van der Waals surface area contributed by atoms with Crippen molar-refractivity contribution in [1.82, 2.24) is 0 Å². The summed E-state index contributed by atoms with van der Waals surface area (Å²) in [6.07, 6.45) is 0.950. The molecule has 4 heteroatoms. The second-order valence-electron chi connectivity index (χ2n) is 5.43. The highest BCUT2D eigenvalue weighted by Gasteiger charge is 2.18. The summed E-state index contributed by atoms with van der Waals surface area (Å²) in [6, 6.07) is 13.3. The molecule has 0 aliphatic carbocycles. The lowest BCUT2D eigenvalue weighted by atomic mass is 10.1. The van der Waals surface area contributed by atoms with E-state index in [0.717, 1.165) is 23.0 Å². The van der Waals surface area contributed by atoms with E-state index in [4.69, 9.17) is 9.15 Å². The van der Waals surface area contributed by atoms with Gasteiger partial charge in [-0.3, -0.25) is 4.79 Å². The minimum atomic E-state index is -0.259. The van der Waals surface area contributed by atoms with Gasteiger partial charge in [-0.05, 0) is 43.2 Å². The van der Waals surface area contributed by atoms with Crippen molar-refractivity contribution in [3.05, 3.63) is 59.4 Å². The first-order valence-corrected chi connectivity index (χ1v) is 7.59. The number of hydrogen-bond acceptors (Lipinski definition) is 3. The van der Waals surface area contributed by atoms with Gasteiger partial charge in [0.2, 0.25) is 0 Å². The lowest BCUT2D eigenvalue weighted by Crippen LogP contribution is -2.12. The Morgan fingerprint density at radius 3 is 2.78 bits per heavy atom. The van der Waals surface area contributed by atoms with Crippen LogP contribution in [0.1, 0.15) is 28.6 Å². The first kappa shape index (κ1) is 15.2. The van der Waals surface area contributed by atoms with Gasteiger partial charge in [-0.1, -0.05) is 19.1 Å². The zero-order valence-electron chi connectivity index (χ0n) is 13.5. The molecule has 0 saturated heterocycles. The van der Waals surface area contributed by atoms with Crippen LogP contribution < -0.4 is 10.1 Å². The molecule has 0 aliphatic heterocycles. The van der Waals surface area contributed by atoms with Crippen LogP contribution in [0.15, 0.2) is 46.9 Å². The number of amides is 1. The Labute approximate surface area is 135 Å². The normalized spacial score (nSPS) is 10.7. The van der Waals surface area contributed by atoms with Crippen molar-refractivity contribution in [3.63, 3.8) is 0 Å². The molecule has 0 fully saturated rings. The maximum absolute atomic E-state index is 12.5. The van der Waals surface area contributed by atoms with E-state index in [0.29, 0.717) is 17.2 Å². The summed E-state index contributed by atoms with van der Waals surface area (Å²) in [5.41, 5.74) is 3.48. The molecule has 118 valence electrons. The van der Waals surface area contributed by atoms with Crippen molar-refractivity contribution in [2.75, 3.05) is 12.4 Å². The van der Waals surface area contributed by atoms with Crippen molar-refractivity contribution in [3.8, 4) is 5.75 Å². The van der Waals surface area contributed by atoms with Crippen molar-refractivity contribution >= 4 is 22.6 Å². The Hall–Kier alpha value is -2.75. The monoisotopic (exact) mass is 309 g/mol. The standard InChI is InChI=1S/C19H19NO3/c1-4-13-8-9-17-16(10-13)12(2)18(23-17)19(21)20-14-6-5-7-15(11-14)22-3/h5-11H,4H2,1-3H3,(H,20,21). The molecular weight excluding hydrogens is 290 g/mol. The van der Waals surface area contributed by atoms with E-state index >= 15 is 0 Å². The molecular formula is C19H19NO3. The summed E-state index contributed by atoms with van der Waals surface area (Å²) >= 11 is 0. The average molecular weight is 309 g/mol. The fraction of sp³-hybridized carbons (Fsp3) is 0.211. The SMILES string of the molecule is CCc1ccc2oc(C(=O)Nc3cccc(OC)c3)c(C)c2c1. The molecule has 3 rings (SSSR count). The predicted molar refractivity (Wildman–Crippen MR) is 91.3 cm³/mol. The highest BCUT2D eigenvalue weighted by molar-refractivity contribution is 6.06. The fourth-order valence-electron chi connectivity index (χ4n) is 2.59. The Bertz CT molecular complexity index is 864. The number of aryl methyl sites for hydroxylation is 2. The molecule has 0 aliphatic rings. The maximum atomic E-state index is 12.5. The first-order chi connectivity index (χ1) is 11.1. The predicted octanol–water partition coefficient (Wildman–Crippen LogP) is 4.56. The van der Waals surface area contributed by atoms with E-state index in [1.807, 2.05) is 37.3 Å². The number of carbonyl (C=O) groups is 1. The van der Waals surface area contributed by atoms with Gasteiger partial charge in [0.25, 0.3) is 5.91 Å². The lowest BCUT2D eigenvalue weighted by molar-refractivity contribution is 0.0998. The summed E-state index contributed by atoms with van der Waals surface area (Å²) in [5.74, 6) is 0.776. The van der Waals surface area contributed by atoms with Gasteiger partial charge in [-0.15, -0.1) is 0 Å². The van der Waals surface area contributed by atoms with E-state index in [2.05, 4.69) is 18.3 Å². The minimum Gasteiger partial charge on any atom is -0.497 e. The zero-order valence-corrected chi connectivity index (χ0v) is 13.5. The molecule has 0 bridgehead atoms. The van der Waals surface area contributed by atoms with Crippen LogP contribution >= 0.6 is 0 Å².